The number of halogens is 1. The van der Waals surface area contributed by atoms with Crippen LogP contribution in [0.3, 0.4) is 0 Å². The molecular weight excluding hydrogens is 339 g/mol. The van der Waals surface area contributed by atoms with E-state index in [9.17, 15) is 19.3 Å². The maximum Gasteiger partial charge on any atom is 0.272 e. The summed E-state index contributed by atoms with van der Waals surface area (Å²) in [4.78, 5) is 24.6. The van der Waals surface area contributed by atoms with E-state index in [1.807, 2.05) is 6.92 Å². The molecule has 0 N–H and O–H groups in total. The second-order valence-electron chi connectivity index (χ2n) is 7.33. The number of nitrogens with zero attached hydrogens (tertiary/aromatic N) is 2. The van der Waals surface area contributed by atoms with Crippen LogP contribution in [0.25, 0.3) is 0 Å². The first-order valence-corrected chi connectivity index (χ1v) is 9.23. The van der Waals surface area contributed by atoms with Gasteiger partial charge in [0.05, 0.1) is 22.7 Å². The van der Waals surface area contributed by atoms with Crippen molar-refractivity contribution < 1.29 is 18.8 Å². The van der Waals surface area contributed by atoms with Gasteiger partial charge in [-0.05, 0) is 32.3 Å². The van der Waals surface area contributed by atoms with E-state index in [1.54, 1.807) is 11.9 Å². The van der Waals surface area contributed by atoms with Crippen LogP contribution in [0.5, 0.6) is 0 Å². The smallest absolute Gasteiger partial charge is 0.272 e. The number of nitro benzene ring substituents is 1. The van der Waals surface area contributed by atoms with Gasteiger partial charge in [0.1, 0.15) is 5.82 Å². The van der Waals surface area contributed by atoms with Crippen LogP contribution in [-0.4, -0.2) is 41.5 Å². The molecule has 2 atom stereocenters. The fourth-order valence-electron chi connectivity index (χ4n) is 4.69. The predicted molar refractivity (Wildman–Crippen MR) is 94.5 cm³/mol. The number of hydrogen-bond acceptors (Lipinski definition) is 4. The minimum absolute atomic E-state index is 0.0152. The van der Waals surface area contributed by atoms with E-state index in [4.69, 9.17) is 4.74 Å². The SMILES string of the molecule is CCO[C@@H]1C[C@@H](N(C)C(=O)c2ccc([N+](=O)[O-])cc2F)C12CCCCC2. The zero-order valence-electron chi connectivity index (χ0n) is 15.2. The standard InChI is InChI=1S/C19H25FN2O4/c1-3-26-17-12-16(19(17)9-5-4-6-10-19)21(2)18(23)14-8-7-13(22(24)25)11-15(14)20/h7-8,11,16-17H,3-6,9-10,12H2,1-2H3/t16-,17-/m1/s1. The summed E-state index contributed by atoms with van der Waals surface area (Å²) in [6.45, 7) is 2.62. The monoisotopic (exact) mass is 364 g/mol. The summed E-state index contributed by atoms with van der Waals surface area (Å²) in [5.41, 5.74) is -0.523. The van der Waals surface area contributed by atoms with Crippen molar-refractivity contribution in [1.82, 2.24) is 4.90 Å². The lowest BCUT2D eigenvalue weighted by molar-refractivity contribution is -0.385. The molecule has 2 saturated carbocycles. The van der Waals surface area contributed by atoms with Gasteiger partial charge in [-0.25, -0.2) is 4.39 Å². The van der Waals surface area contributed by atoms with Gasteiger partial charge in [-0.3, -0.25) is 14.9 Å². The van der Waals surface area contributed by atoms with Crippen molar-refractivity contribution in [3.05, 3.63) is 39.7 Å². The number of non-ortho nitro benzene ring substituents is 1. The Kier molecular flexibility index (Phi) is 5.27. The summed E-state index contributed by atoms with van der Waals surface area (Å²) in [5.74, 6) is -1.28. The lowest BCUT2D eigenvalue weighted by Gasteiger charge is -2.60. The molecule has 0 heterocycles. The number of benzene rings is 1. The van der Waals surface area contributed by atoms with Crippen LogP contribution in [0.1, 0.15) is 55.8 Å². The highest BCUT2D eigenvalue weighted by molar-refractivity contribution is 5.95. The molecule has 0 radical (unpaired) electrons. The van der Waals surface area contributed by atoms with Crippen molar-refractivity contribution in [2.45, 2.75) is 57.6 Å². The molecule has 0 aromatic heterocycles. The Labute approximate surface area is 152 Å². The zero-order valence-corrected chi connectivity index (χ0v) is 15.2. The van der Waals surface area contributed by atoms with Gasteiger partial charge < -0.3 is 9.64 Å². The van der Waals surface area contributed by atoms with Gasteiger partial charge in [0.15, 0.2) is 0 Å². The quantitative estimate of drug-likeness (QED) is 0.586. The highest BCUT2D eigenvalue weighted by Crippen LogP contribution is 2.55. The molecule has 3 rings (SSSR count). The summed E-state index contributed by atoms with van der Waals surface area (Å²) < 4.78 is 20.2. The molecule has 2 fully saturated rings. The number of carbonyl (C=O) groups is 1. The maximum absolute atomic E-state index is 14.3. The van der Waals surface area contributed by atoms with Crippen molar-refractivity contribution >= 4 is 11.6 Å². The van der Waals surface area contributed by atoms with Crippen molar-refractivity contribution in [3.63, 3.8) is 0 Å². The number of amides is 1. The normalized spacial score (nSPS) is 24.1. The van der Waals surface area contributed by atoms with Crippen molar-refractivity contribution in [2.75, 3.05) is 13.7 Å². The van der Waals surface area contributed by atoms with E-state index in [1.165, 1.54) is 18.6 Å². The molecule has 1 amide bonds. The van der Waals surface area contributed by atoms with Crippen LogP contribution < -0.4 is 0 Å². The lowest BCUT2D eigenvalue weighted by atomic mass is 9.54. The molecule has 1 aromatic rings. The van der Waals surface area contributed by atoms with Crippen molar-refractivity contribution in [3.8, 4) is 0 Å². The molecule has 142 valence electrons. The zero-order chi connectivity index (χ0) is 18.9. The highest BCUT2D eigenvalue weighted by Gasteiger charge is 2.57. The van der Waals surface area contributed by atoms with Crippen LogP contribution >= 0.6 is 0 Å². The van der Waals surface area contributed by atoms with E-state index >= 15 is 0 Å². The third-order valence-corrected chi connectivity index (χ3v) is 6.08. The minimum atomic E-state index is -0.852. The average molecular weight is 364 g/mol. The Morgan fingerprint density at radius 3 is 2.65 bits per heavy atom. The van der Waals surface area contributed by atoms with Crippen LogP contribution in [-0.2, 0) is 4.74 Å². The predicted octanol–water partition coefficient (Wildman–Crippen LogP) is 3.93. The van der Waals surface area contributed by atoms with E-state index in [-0.39, 0.29) is 28.8 Å². The summed E-state index contributed by atoms with van der Waals surface area (Å²) in [6, 6.07) is 3.20. The first-order valence-electron chi connectivity index (χ1n) is 9.23. The number of carbonyl (C=O) groups excluding carboxylic acids is 1. The van der Waals surface area contributed by atoms with Gasteiger partial charge >= 0.3 is 0 Å². The Morgan fingerprint density at radius 1 is 1.38 bits per heavy atom. The second-order valence-corrected chi connectivity index (χ2v) is 7.33. The summed E-state index contributed by atoms with van der Waals surface area (Å²) in [5, 5.41) is 10.8. The summed E-state index contributed by atoms with van der Waals surface area (Å²) in [7, 11) is 1.70. The average Bonchev–Trinajstić information content (AvgIpc) is 2.64. The molecule has 0 aliphatic heterocycles. The molecule has 0 bridgehead atoms. The maximum atomic E-state index is 14.3. The van der Waals surface area contributed by atoms with E-state index in [0.717, 1.165) is 38.2 Å². The van der Waals surface area contributed by atoms with Gasteiger partial charge in [0.2, 0.25) is 0 Å². The van der Waals surface area contributed by atoms with E-state index in [2.05, 4.69) is 0 Å². The van der Waals surface area contributed by atoms with Gasteiger partial charge in [0, 0.05) is 31.2 Å². The Balaban J connectivity index is 1.81. The highest BCUT2D eigenvalue weighted by atomic mass is 19.1. The number of hydrogen-bond donors (Lipinski definition) is 0. The molecule has 7 heteroatoms. The molecule has 0 unspecified atom stereocenters. The fourth-order valence-corrected chi connectivity index (χ4v) is 4.69. The Morgan fingerprint density at radius 2 is 2.08 bits per heavy atom. The molecule has 0 saturated heterocycles. The largest absolute Gasteiger partial charge is 0.378 e. The van der Waals surface area contributed by atoms with Crippen LogP contribution in [0.15, 0.2) is 18.2 Å². The lowest BCUT2D eigenvalue weighted by Crippen LogP contribution is -2.65. The van der Waals surface area contributed by atoms with Gasteiger partial charge in [-0.1, -0.05) is 19.3 Å². The van der Waals surface area contributed by atoms with Gasteiger partial charge in [0.25, 0.3) is 11.6 Å². The fraction of sp³-hybridized carbons (Fsp3) is 0.632. The summed E-state index contributed by atoms with van der Waals surface area (Å²) in [6.07, 6.45) is 6.37. The van der Waals surface area contributed by atoms with Gasteiger partial charge in [-0.15, -0.1) is 0 Å². The number of ether oxygens (including phenoxy) is 1. The van der Waals surface area contributed by atoms with Crippen LogP contribution in [0.4, 0.5) is 10.1 Å². The molecule has 6 nitrogen and oxygen atoms in total. The molecule has 26 heavy (non-hydrogen) atoms. The molecule has 2 aliphatic carbocycles. The second kappa shape index (κ2) is 7.31. The molecular formula is C19H25FN2O4. The van der Waals surface area contributed by atoms with E-state index in [0.29, 0.717) is 6.61 Å². The first kappa shape index (κ1) is 18.8. The van der Waals surface area contributed by atoms with Gasteiger partial charge in [-0.2, -0.15) is 0 Å². The van der Waals surface area contributed by atoms with Crippen LogP contribution in [0.2, 0.25) is 0 Å². The third-order valence-electron chi connectivity index (χ3n) is 6.08. The third kappa shape index (κ3) is 3.09. The van der Waals surface area contributed by atoms with Crippen LogP contribution in [0, 0.1) is 21.3 Å². The Hall–Kier alpha value is -2.02. The Bertz CT molecular complexity index is 703. The minimum Gasteiger partial charge on any atom is -0.378 e. The van der Waals surface area contributed by atoms with E-state index < -0.39 is 16.6 Å². The topological polar surface area (TPSA) is 72.7 Å². The molecule has 2 aliphatic rings. The van der Waals surface area contributed by atoms with Crippen molar-refractivity contribution in [1.29, 1.82) is 0 Å². The molecule has 1 aromatic carbocycles. The first-order chi connectivity index (χ1) is 12.4. The van der Waals surface area contributed by atoms with Crippen molar-refractivity contribution in [2.24, 2.45) is 5.41 Å². The molecule has 1 spiro atoms. The number of rotatable bonds is 5. The number of nitro groups is 1. The summed E-state index contributed by atoms with van der Waals surface area (Å²) >= 11 is 0.